The molecule has 2 atom stereocenters. The van der Waals surface area contributed by atoms with Crippen LogP contribution in [0.3, 0.4) is 0 Å². The molecule has 0 saturated carbocycles. The number of nitrogens with zero attached hydrogens (tertiary/aromatic N) is 1. The predicted molar refractivity (Wildman–Crippen MR) is 56.3 cm³/mol. The molecule has 0 aromatic rings. The molecule has 1 fully saturated rings. The van der Waals surface area contributed by atoms with Crippen molar-refractivity contribution < 1.29 is 9.47 Å². The zero-order valence-corrected chi connectivity index (χ0v) is 9.24. The maximum atomic E-state index is 6.06. The predicted octanol–water partition coefficient (Wildman–Crippen LogP) is 0.0709. The second kappa shape index (κ2) is 6.35. The van der Waals surface area contributed by atoms with Crippen LogP contribution < -0.4 is 5.73 Å². The maximum Gasteiger partial charge on any atom is 0.0636 e. The molecule has 1 aliphatic heterocycles. The van der Waals surface area contributed by atoms with E-state index in [9.17, 15) is 0 Å². The fourth-order valence-corrected chi connectivity index (χ4v) is 1.88. The number of hydrogen-bond acceptors (Lipinski definition) is 4. The van der Waals surface area contributed by atoms with E-state index in [-0.39, 0.29) is 6.04 Å². The summed E-state index contributed by atoms with van der Waals surface area (Å²) in [5.74, 6) is 0. The highest BCUT2D eigenvalue weighted by Crippen LogP contribution is 2.12. The topological polar surface area (TPSA) is 47.7 Å². The Morgan fingerprint density at radius 1 is 1.57 bits per heavy atom. The van der Waals surface area contributed by atoms with Gasteiger partial charge in [-0.05, 0) is 13.0 Å². The lowest BCUT2D eigenvalue weighted by Crippen LogP contribution is -2.54. The molecule has 14 heavy (non-hydrogen) atoms. The largest absolute Gasteiger partial charge is 0.383 e. The molecule has 0 radical (unpaired) electrons. The molecule has 2 unspecified atom stereocenters. The average Bonchev–Trinajstić information content (AvgIpc) is 2.21. The van der Waals surface area contributed by atoms with Crippen LogP contribution in [0.25, 0.3) is 0 Å². The van der Waals surface area contributed by atoms with E-state index in [0.29, 0.717) is 6.04 Å². The quantitative estimate of drug-likeness (QED) is 0.685. The molecule has 1 rings (SSSR count). The summed E-state index contributed by atoms with van der Waals surface area (Å²) in [5.41, 5.74) is 6.06. The smallest absolute Gasteiger partial charge is 0.0636 e. The summed E-state index contributed by atoms with van der Waals surface area (Å²) in [4.78, 5) is 2.34. The van der Waals surface area contributed by atoms with Crippen molar-refractivity contribution in [1.29, 1.82) is 0 Å². The highest BCUT2D eigenvalue weighted by atomic mass is 16.5. The second-order valence-electron chi connectivity index (χ2n) is 3.72. The minimum atomic E-state index is 0.251. The molecule has 4 heteroatoms. The first-order chi connectivity index (χ1) is 6.79. The number of ether oxygens (including phenoxy) is 2. The van der Waals surface area contributed by atoms with E-state index < -0.39 is 0 Å². The van der Waals surface area contributed by atoms with Crippen LogP contribution in [-0.2, 0) is 9.47 Å². The van der Waals surface area contributed by atoms with Crippen LogP contribution in [0.1, 0.15) is 13.3 Å². The van der Waals surface area contributed by atoms with E-state index in [2.05, 4.69) is 11.8 Å². The molecule has 4 nitrogen and oxygen atoms in total. The molecule has 1 saturated heterocycles. The number of methoxy groups -OCH3 is 1. The Kier molecular flexibility index (Phi) is 5.40. The average molecular weight is 202 g/mol. The van der Waals surface area contributed by atoms with Gasteiger partial charge in [0.05, 0.1) is 13.2 Å². The van der Waals surface area contributed by atoms with Crippen LogP contribution in [0.5, 0.6) is 0 Å². The lowest BCUT2D eigenvalue weighted by Gasteiger charge is -2.37. The Bertz CT molecular complexity index is 155. The summed E-state index contributed by atoms with van der Waals surface area (Å²) in [6.07, 6.45) is 0.966. The SMILES string of the molecule is CCN(CCOC)C1COCCC1N. The van der Waals surface area contributed by atoms with Crippen LogP contribution in [0.2, 0.25) is 0 Å². The molecule has 0 amide bonds. The van der Waals surface area contributed by atoms with Gasteiger partial charge in [-0.2, -0.15) is 0 Å². The van der Waals surface area contributed by atoms with E-state index in [0.717, 1.165) is 39.3 Å². The van der Waals surface area contributed by atoms with E-state index in [1.807, 2.05) is 0 Å². The first-order valence-electron chi connectivity index (χ1n) is 5.36. The zero-order chi connectivity index (χ0) is 10.4. The Hall–Kier alpha value is -0.160. The van der Waals surface area contributed by atoms with Crippen molar-refractivity contribution >= 4 is 0 Å². The Balaban J connectivity index is 2.40. The summed E-state index contributed by atoms with van der Waals surface area (Å²) in [7, 11) is 1.73. The van der Waals surface area contributed by atoms with Gasteiger partial charge in [0.25, 0.3) is 0 Å². The number of nitrogens with two attached hydrogens (primary N) is 1. The monoisotopic (exact) mass is 202 g/mol. The fraction of sp³-hybridized carbons (Fsp3) is 1.00. The van der Waals surface area contributed by atoms with Gasteiger partial charge in [-0.1, -0.05) is 6.92 Å². The fourth-order valence-electron chi connectivity index (χ4n) is 1.88. The van der Waals surface area contributed by atoms with Crippen LogP contribution in [0.15, 0.2) is 0 Å². The zero-order valence-electron chi connectivity index (χ0n) is 9.24. The van der Waals surface area contributed by atoms with Crippen molar-refractivity contribution in [1.82, 2.24) is 4.90 Å². The third kappa shape index (κ3) is 3.20. The maximum absolute atomic E-state index is 6.06. The lowest BCUT2D eigenvalue weighted by atomic mass is 10.0. The molecule has 1 aliphatic rings. The van der Waals surface area contributed by atoms with Gasteiger partial charge in [-0.15, -0.1) is 0 Å². The lowest BCUT2D eigenvalue weighted by molar-refractivity contribution is -0.000125. The van der Waals surface area contributed by atoms with Crippen LogP contribution in [-0.4, -0.2) is 57.0 Å². The van der Waals surface area contributed by atoms with Crippen molar-refractivity contribution in [3.05, 3.63) is 0 Å². The normalized spacial score (nSPS) is 28.3. The molecule has 1 heterocycles. The Labute approximate surface area is 86.3 Å². The van der Waals surface area contributed by atoms with Crippen LogP contribution in [0, 0.1) is 0 Å². The van der Waals surface area contributed by atoms with E-state index >= 15 is 0 Å². The van der Waals surface area contributed by atoms with Crippen LogP contribution >= 0.6 is 0 Å². The summed E-state index contributed by atoms with van der Waals surface area (Å²) in [5, 5.41) is 0. The Morgan fingerprint density at radius 3 is 2.93 bits per heavy atom. The minimum absolute atomic E-state index is 0.251. The second-order valence-corrected chi connectivity index (χ2v) is 3.72. The third-order valence-corrected chi connectivity index (χ3v) is 2.84. The van der Waals surface area contributed by atoms with Crippen molar-refractivity contribution in [2.45, 2.75) is 25.4 Å². The first-order valence-corrected chi connectivity index (χ1v) is 5.36. The van der Waals surface area contributed by atoms with Gasteiger partial charge in [-0.3, -0.25) is 4.90 Å². The summed E-state index contributed by atoms with van der Waals surface area (Å²) in [6, 6.07) is 0.615. The number of rotatable bonds is 5. The molecule has 0 aromatic heterocycles. The van der Waals surface area contributed by atoms with Gasteiger partial charge in [0, 0.05) is 32.3 Å². The highest BCUT2D eigenvalue weighted by Gasteiger charge is 2.26. The molecular formula is C10H22N2O2. The summed E-state index contributed by atoms with van der Waals surface area (Å²) >= 11 is 0. The van der Waals surface area contributed by atoms with Crippen molar-refractivity contribution in [3.8, 4) is 0 Å². The number of hydrogen-bond donors (Lipinski definition) is 1. The third-order valence-electron chi connectivity index (χ3n) is 2.84. The van der Waals surface area contributed by atoms with E-state index in [4.69, 9.17) is 15.2 Å². The van der Waals surface area contributed by atoms with Crippen molar-refractivity contribution in [2.75, 3.05) is 40.0 Å². The standard InChI is InChI=1S/C10H22N2O2/c1-3-12(5-7-13-2)10-8-14-6-4-9(10)11/h9-10H,3-8,11H2,1-2H3. The number of likely N-dealkylation sites (N-methyl/N-ethyl adjacent to an activating group) is 1. The Morgan fingerprint density at radius 2 is 2.36 bits per heavy atom. The van der Waals surface area contributed by atoms with E-state index in [1.54, 1.807) is 7.11 Å². The molecule has 0 aromatic carbocycles. The molecule has 0 spiro atoms. The van der Waals surface area contributed by atoms with Gasteiger partial charge in [0.1, 0.15) is 0 Å². The first kappa shape index (κ1) is 11.9. The molecule has 2 N–H and O–H groups in total. The van der Waals surface area contributed by atoms with Crippen molar-refractivity contribution in [2.24, 2.45) is 5.73 Å². The minimum Gasteiger partial charge on any atom is -0.383 e. The van der Waals surface area contributed by atoms with Gasteiger partial charge >= 0.3 is 0 Å². The van der Waals surface area contributed by atoms with Gasteiger partial charge in [-0.25, -0.2) is 0 Å². The summed E-state index contributed by atoms with van der Waals surface area (Å²) < 4.78 is 10.5. The van der Waals surface area contributed by atoms with Gasteiger partial charge < -0.3 is 15.2 Å². The molecule has 0 aliphatic carbocycles. The molecule has 0 bridgehead atoms. The summed E-state index contributed by atoms with van der Waals surface area (Å²) in [6.45, 7) is 6.42. The van der Waals surface area contributed by atoms with Gasteiger partial charge in [0.2, 0.25) is 0 Å². The van der Waals surface area contributed by atoms with E-state index in [1.165, 1.54) is 0 Å². The van der Waals surface area contributed by atoms with Crippen molar-refractivity contribution in [3.63, 3.8) is 0 Å². The molecular weight excluding hydrogens is 180 g/mol. The van der Waals surface area contributed by atoms with Gasteiger partial charge in [0.15, 0.2) is 0 Å². The van der Waals surface area contributed by atoms with Crippen LogP contribution in [0.4, 0.5) is 0 Å². The molecule has 84 valence electrons. The highest BCUT2D eigenvalue weighted by molar-refractivity contribution is 4.84.